The number of carbonyl (C=O) groups excluding carboxylic acids is 1. The van der Waals surface area contributed by atoms with E-state index in [1.807, 2.05) is 20.8 Å². The molecule has 0 aromatic heterocycles. The zero-order valence-electron chi connectivity index (χ0n) is 11.6. The summed E-state index contributed by atoms with van der Waals surface area (Å²) >= 11 is 0. The molecule has 100 valence electrons. The topological polar surface area (TPSA) is 52.9 Å². The number of hydrogen-bond acceptors (Lipinski definition) is 3. The molecule has 19 heavy (non-hydrogen) atoms. The Morgan fingerprint density at radius 1 is 1.21 bits per heavy atom. The second-order valence-corrected chi connectivity index (χ2v) is 5.67. The van der Waals surface area contributed by atoms with Crippen molar-refractivity contribution in [1.82, 2.24) is 4.90 Å². The number of aliphatic imine (C=N–C) groups is 1. The Labute approximate surface area is 113 Å². The average molecular weight is 258 g/mol. The van der Waals surface area contributed by atoms with E-state index < -0.39 is 0 Å². The van der Waals surface area contributed by atoms with Crippen molar-refractivity contribution in [3.05, 3.63) is 35.5 Å². The number of phenols is 1. The number of carbonyl (C=O) groups is 1. The van der Waals surface area contributed by atoms with E-state index in [1.165, 1.54) is 0 Å². The summed E-state index contributed by atoms with van der Waals surface area (Å²) in [5.41, 5.74) is 1.10. The number of amidine groups is 1. The molecule has 1 aromatic carbocycles. The van der Waals surface area contributed by atoms with Crippen LogP contribution in [0.4, 0.5) is 0 Å². The Morgan fingerprint density at radius 2 is 1.79 bits per heavy atom. The number of hydrogen-bond donors (Lipinski definition) is 1. The number of nitrogens with zero attached hydrogens (tertiary/aromatic N) is 2. The van der Waals surface area contributed by atoms with Gasteiger partial charge in [-0.3, -0.25) is 9.69 Å². The maximum atomic E-state index is 12.1. The lowest BCUT2D eigenvalue weighted by atomic mass is 9.94. The molecule has 1 aliphatic rings. The van der Waals surface area contributed by atoms with Crippen molar-refractivity contribution in [2.45, 2.75) is 20.8 Å². The van der Waals surface area contributed by atoms with Crippen LogP contribution in [0.3, 0.4) is 0 Å². The largest absolute Gasteiger partial charge is 0.508 e. The third-order valence-corrected chi connectivity index (χ3v) is 2.94. The molecule has 1 heterocycles. The second kappa shape index (κ2) is 4.53. The van der Waals surface area contributed by atoms with Gasteiger partial charge < -0.3 is 5.11 Å². The van der Waals surface area contributed by atoms with Crippen molar-refractivity contribution in [1.29, 1.82) is 0 Å². The van der Waals surface area contributed by atoms with E-state index in [9.17, 15) is 9.90 Å². The van der Waals surface area contributed by atoms with Gasteiger partial charge in [-0.15, -0.1) is 0 Å². The Bertz CT molecular complexity index is 563. The molecule has 1 aliphatic heterocycles. The van der Waals surface area contributed by atoms with E-state index >= 15 is 0 Å². The molecule has 0 saturated heterocycles. The van der Waals surface area contributed by atoms with Gasteiger partial charge in [0.1, 0.15) is 17.3 Å². The minimum Gasteiger partial charge on any atom is -0.508 e. The normalized spacial score (nSPS) is 18.1. The van der Waals surface area contributed by atoms with Gasteiger partial charge in [0.25, 0.3) is 5.91 Å². The van der Waals surface area contributed by atoms with E-state index in [0.29, 0.717) is 5.70 Å². The Hall–Kier alpha value is -2.10. The maximum Gasteiger partial charge on any atom is 0.277 e. The Balaban J connectivity index is 2.38. The summed E-state index contributed by atoms with van der Waals surface area (Å²) in [6, 6.07) is 6.67. The highest BCUT2D eigenvalue weighted by molar-refractivity contribution is 6.15. The lowest BCUT2D eigenvalue weighted by molar-refractivity contribution is -0.121. The molecule has 0 unspecified atom stereocenters. The predicted molar refractivity (Wildman–Crippen MR) is 75.7 cm³/mol. The zero-order chi connectivity index (χ0) is 14.2. The summed E-state index contributed by atoms with van der Waals surface area (Å²) in [5, 5.41) is 9.24. The van der Waals surface area contributed by atoms with E-state index in [-0.39, 0.29) is 17.1 Å². The van der Waals surface area contributed by atoms with Gasteiger partial charge in [-0.25, -0.2) is 4.99 Å². The van der Waals surface area contributed by atoms with Gasteiger partial charge in [-0.2, -0.15) is 0 Å². The molecule has 4 heteroatoms. The SMILES string of the molecule is CN1C(=O)/C(=C/c2ccc(O)cc2)N=C1C(C)(C)C. The number of likely N-dealkylation sites (N-methyl/N-ethyl adjacent to an activating group) is 1. The molecular weight excluding hydrogens is 240 g/mol. The molecule has 0 saturated carbocycles. The van der Waals surface area contributed by atoms with Gasteiger partial charge in [0, 0.05) is 12.5 Å². The second-order valence-electron chi connectivity index (χ2n) is 5.67. The fourth-order valence-electron chi connectivity index (χ4n) is 2.00. The molecule has 0 atom stereocenters. The molecule has 4 nitrogen and oxygen atoms in total. The Morgan fingerprint density at radius 3 is 2.26 bits per heavy atom. The fourth-order valence-corrected chi connectivity index (χ4v) is 2.00. The highest BCUT2D eigenvalue weighted by Crippen LogP contribution is 2.27. The molecule has 0 fully saturated rings. The van der Waals surface area contributed by atoms with Gasteiger partial charge in [-0.1, -0.05) is 32.9 Å². The predicted octanol–water partition coefficient (Wildman–Crippen LogP) is 2.65. The van der Waals surface area contributed by atoms with Crippen LogP contribution in [0.1, 0.15) is 26.3 Å². The van der Waals surface area contributed by atoms with Gasteiger partial charge >= 0.3 is 0 Å². The molecule has 1 aromatic rings. The third-order valence-electron chi connectivity index (χ3n) is 2.94. The van der Waals surface area contributed by atoms with Crippen molar-refractivity contribution >= 4 is 17.8 Å². The van der Waals surface area contributed by atoms with Gasteiger partial charge in [-0.05, 0) is 23.8 Å². The van der Waals surface area contributed by atoms with Crippen LogP contribution in [0.5, 0.6) is 5.75 Å². The number of amides is 1. The van der Waals surface area contributed by atoms with E-state index in [0.717, 1.165) is 11.4 Å². The van der Waals surface area contributed by atoms with Crippen LogP contribution in [-0.4, -0.2) is 28.8 Å². The summed E-state index contributed by atoms with van der Waals surface area (Å²) in [4.78, 5) is 18.1. The first-order chi connectivity index (χ1) is 8.79. The summed E-state index contributed by atoms with van der Waals surface area (Å²) in [7, 11) is 1.74. The van der Waals surface area contributed by atoms with Crippen LogP contribution in [-0.2, 0) is 4.79 Å². The van der Waals surface area contributed by atoms with Gasteiger partial charge in [0.05, 0.1) is 0 Å². The van der Waals surface area contributed by atoms with Crippen molar-refractivity contribution in [2.75, 3.05) is 7.05 Å². The average Bonchev–Trinajstić information content (AvgIpc) is 2.60. The molecule has 1 N–H and O–H groups in total. The van der Waals surface area contributed by atoms with Crippen molar-refractivity contribution < 1.29 is 9.90 Å². The van der Waals surface area contributed by atoms with Gasteiger partial charge in [0.15, 0.2) is 0 Å². The molecule has 0 aliphatic carbocycles. The molecule has 2 rings (SSSR count). The first-order valence-electron chi connectivity index (χ1n) is 6.17. The van der Waals surface area contributed by atoms with Crippen LogP contribution in [0, 0.1) is 5.41 Å². The highest BCUT2D eigenvalue weighted by atomic mass is 16.3. The monoisotopic (exact) mass is 258 g/mol. The Kier molecular flexibility index (Phi) is 3.18. The smallest absolute Gasteiger partial charge is 0.277 e. The minimum atomic E-state index is -0.172. The van der Waals surface area contributed by atoms with Crippen LogP contribution in [0.2, 0.25) is 0 Å². The van der Waals surface area contributed by atoms with Crippen LogP contribution in [0.15, 0.2) is 35.0 Å². The standard InChI is InChI=1S/C15H18N2O2/c1-15(2,3)14-16-12(13(19)17(14)4)9-10-5-7-11(18)8-6-10/h5-9,18H,1-4H3/b12-9-. The highest BCUT2D eigenvalue weighted by Gasteiger charge is 2.33. The van der Waals surface area contributed by atoms with Crippen molar-refractivity contribution in [2.24, 2.45) is 10.4 Å². The lowest BCUT2D eigenvalue weighted by Crippen LogP contribution is -2.36. The number of aromatic hydroxyl groups is 1. The maximum absolute atomic E-state index is 12.1. The first kappa shape index (κ1) is 13.3. The van der Waals surface area contributed by atoms with Crippen molar-refractivity contribution in [3.8, 4) is 5.75 Å². The summed E-state index contributed by atoms with van der Waals surface area (Å²) in [6.07, 6.45) is 1.73. The van der Waals surface area contributed by atoms with Crippen LogP contribution in [0.25, 0.3) is 6.08 Å². The number of rotatable bonds is 1. The van der Waals surface area contributed by atoms with Gasteiger partial charge in [0.2, 0.25) is 0 Å². The summed E-state index contributed by atoms with van der Waals surface area (Å²) in [5.74, 6) is 0.872. The van der Waals surface area contributed by atoms with Crippen LogP contribution >= 0.6 is 0 Å². The fraction of sp³-hybridized carbons (Fsp3) is 0.333. The third kappa shape index (κ3) is 2.67. The first-order valence-corrected chi connectivity index (χ1v) is 6.17. The minimum absolute atomic E-state index is 0.0991. The lowest BCUT2D eigenvalue weighted by Gasteiger charge is -2.23. The molecule has 1 amide bonds. The van der Waals surface area contributed by atoms with E-state index in [4.69, 9.17) is 0 Å². The van der Waals surface area contributed by atoms with Crippen LogP contribution < -0.4 is 0 Å². The van der Waals surface area contributed by atoms with E-state index in [1.54, 1.807) is 42.3 Å². The summed E-state index contributed by atoms with van der Waals surface area (Å²) in [6.45, 7) is 6.08. The molecule has 0 spiro atoms. The molecular formula is C15H18N2O2. The zero-order valence-corrected chi connectivity index (χ0v) is 11.6. The van der Waals surface area contributed by atoms with E-state index in [2.05, 4.69) is 4.99 Å². The summed E-state index contributed by atoms with van der Waals surface area (Å²) < 4.78 is 0. The number of phenolic OH excluding ortho intramolecular Hbond substituents is 1. The van der Waals surface area contributed by atoms with Crippen molar-refractivity contribution in [3.63, 3.8) is 0 Å². The quantitative estimate of drug-likeness (QED) is 0.787. The molecule has 0 radical (unpaired) electrons. The number of benzene rings is 1. The molecule has 0 bridgehead atoms.